The summed E-state index contributed by atoms with van der Waals surface area (Å²) in [6.45, 7) is 0. The second kappa shape index (κ2) is 11.1. The number of carboxylic acids is 2. The fourth-order valence-electron chi connectivity index (χ4n) is 4.26. The molecule has 216 valence electrons. The first-order chi connectivity index (χ1) is 20.3. The molecule has 0 atom stereocenters. The molecule has 0 aliphatic carbocycles. The molecule has 0 heterocycles. The number of benzene rings is 5. The summed E-state index contributed by atoms with van der Waals surface area (Å²) in [6, 6.07) is 16.2. The van der Waals surface area contributed by atoms with Gasteiger partial charge in [0.25, 0.3) is 10.1 Å². The summed E-state index contributed by atoms with van der Waals surface area (Å²) < 4.78 is 34.1. The van der Waals surface area contributed by atoms with Gasteiger partial charge in [-0.25, -0.2) is 9.59 Å². The average Bonchev–Trinajstić information content (AvgIpc) is 2.95. The maximum absolute atomic E-state index is 12.2. The fourth-order valence-corrected chi connectivity index (χ4v) is 5.08. The molecule has 15 heteroatoms. The Kier molecular flexibility index (Phi) is 7.50. The molecule has 0 aliphatic rings. The summed E-state index contributed by atoms with van der Waals surface area (Å²) in [5, 5.41) is 47.2. The molecule has 0 unspecified atom stereocenters. The molecule has 13 nitrogen and oxygen atoms in total. The van der Waals surface area contributed by atoms with Crippen LogP contribution >= 0.6 is 11.6 Å². The second-order valence-electron chi connectivity index (χ2n) is 9.06. The Morgan fingerprint density at radius 3 is 2.07 bits per heavy atom. The molecule has 0 amide bonds. The zero-order valence-electron chi connectivity index (χ0n) is 21.5. The number of nitrogens with zero attached hydrogens (tertiary/aromatic N) is 4. The maximum Gasteiger partial charge on any atom is 0.337 e. The lowest BCUT2D eigenvalue weighted by Crippen LogP contribution is -1.99. The summed E-state index contributed by atoms with van der Waals surface area (Å²) in [7, 11) is -4.86. The van der Waals surface area contributed by atoms with Gasteiger partial charge in [-0.05, 0) is 66.0 Å². The van der Waals surface area contributed by atoms with Gasteiger partial charge in [0.2, 0.25) is 0 Å². The van der Waals surface area contributed by atoms with Gasteiger partial charge in [0.15, 0.2) is 5.75 Å². The number of halogens is 1. The monoisotopic (exact) mass is 619 g/mol. The molecular formula is C28H18ClN5O8S. The molecule has 0 aliphatic heterocycles. The van der Waals surface area contributed by atoms with Crippen LogP contribution < -0.4 is 5.73 Å². The van der Waals surface area contributed by atoms with Crippen molar-refractivity contribution in [3.05, 3.63) is 88.9 Å². The second-order valence-corrected chi connectivity index (χ2v) is 10.9. The van der Waals surface area contributed by atoms with Crippen LogP contribution in [0.3, 0.4) is 0 Å². The van der Waals surface area contributed by atoms with Gasteiger partial charge in [-0.1, -0.05) is 23.7 Å². The van der Waals surface area contributed by atoms with Crippen LogP contribution in [0.15, 0.2) is 98.1 Å². The van der Waals surface area contributed by atoms with Crippen molar-refractivity contribution in [2.24, 2.45) is 20.5 Å². The number of phenols is 1. The van der Waals surface area contributed by atoms with Crippen molar-refractivity contribution in [2.45, 2.75) is 4.90 Å². The average molecular weight is 620 g/mol. The standard InChI is InChI=1S/C28H18ClN5O8S/c29-15-3-6-18(28(38)39)23(11-15)33-31-22-8-7-21(17-5-2-14(27(36)37)9-20(17)22)32-34-25-24(43(40,41)42)10-13-1-4-16(30)12-19(13)26(25)35/h1-12,35H,30H2,(H,36,37)(H,38,39)(H,40,41,42)/b33-31+,34-32+. The summed E-state index contributed by atoms with van der Waals surface area (Å²) in [4.78, 5) is 22.6. The molecule has 0 fully saturated rings. The quantitative estimate of drug-likeness (QED) is 0.0693. The molecule has 0 saturated carbocycles. The minimum atomic E-state index is -4.86. The van der Waals surface area contributed by atoms with Gasteiger partial charge in [-0.15, -0.1) is 20.5 Å². The number of nitrogens with two attached hydrogens (primary N) is 1. The number of hydrogen-bond acceptors (Lipinski definition) is 10. The Labute approximate surface area is 247 Å². The Morgan fingerprint density at radius 1 is 0.721 bits per heavy atom. The van der Waals surface area contributed by atoms with Gasteiger partial charge in [0, 0.05) is 26.9 Å². The number of aromatic carboxylic acids is 2. The van der Waals surface area contributed by atoms with E-state index in [0.717, 1.165) is 6.07 Å². The predicted molar refractivity (Wildman–Crippen MR) is 158 cm³/mol. The summed E-state index contributed by atoms with van der Waals surface area (Å²) in [5.74, 6) is -3.10. The number of carbonyl (C=O) groups is 2. The summed E-state index contributed by atoms with van der Waals surface area (Å²) in [6.07, 6.45) is 0. The highest BCUT2D eigenvalue weighted by Crippen LogP contribution is 2.43. The zero-order valence-corrected chi connectivity index (χ0v) is 23.1. The number of hydrogen-bond donors (Lipinski definition) is 5. The molecule has 0 radical (unpaired) electrons. The minimum Gasteiger partial charge on any atom is -0.505 e. The minimum absolute atomic E-state index is 0.0449. The topological polar surface area (TPSA) is 225 Å². The van der Waals surface area contributed by atoms with Gasteiger partial charge in [0.05, 0.1) is 22.5 Å². The molecule has 5 aromatic carbocycles. The number of phenolic OH excluding ortho intramolecular Hbond substituents is 1. The van der Waals surface area contributed by atoms with E-state index < -0.39 is 38.4 Å². The van der Waals surface area contributed by atoms with Gasteiger partial charge in [-0.2, -0.15) is 8.42 Å². The van der Waals surface area contributed by atoms with Crippen LogP contribution in [0.4, 0.5) is 28.4 Å². The zero-order chi connectivity index (χ0) is 31.1. The van der Waals surface area contributed by atoms with Crippen LogP contribution in [0.5, 0.6) is 5.75 Å². The van der Waals surface area contributed by atoms with E-state index >= 15 is 0 Å². The fraction of sp³-hybridized carbons (Fsp3) is 0. The lowest BCUT2D eigenvalue weighted by atomic mass is 10.0. The first-order valence-corrected chi connectivity index (χ1v) is 13.8. The highest BCUT2D eigenvalue weighted by Gasteiger charge is 2.22. The van der Waals surface area contributed by atoms with E-state index in [1.807, 2.05) is 0 Å². The highest BCUT2D eigenvalue weighted by atomic mass is 35.5. The highest BCUT2D eigenvalue weighted by molar-refractivity contribution is 7.86. The van der Waals surface area contributed by atoms with Crippen molar-refractivity contribution >= 4 is 83.6 Å². The van der Waals surface area contributed by atoms with E-state index in [2.05, 4.69) is 20.5 Å². The van der Waals surface area contributed by atoms with E-state index in [0.29, 0.717) is 5.39 Å². The number of azo groups is 2. The molecule has 43 heavy (non-hydrogen) atoms. The molecule has 0 aromatic heterocycles. The van der Waals surface area contributed by atoms with Gasteiger partial charge >= 0.3 is 11.9 Å². The van der Waals surface area contributed by atoms with Crippen LogP contribution in [0.25, 0.3) is 21.5 Å². The van der Waals surface area contributed by atoms with E-state index in [9.17, 15) is 37.9 Å². The lowest BCUT2D eigenvalue weighted by molar-refractivity contribution is 0.0686. The Morgan fingerprint density at radius 2 is 1.40 bits per heavy atom. The first kappa shape index (κ1) is 29.1. The number of anilines is 1. The third kappa shape index (κ3) is 5.83. The smallest absolute Gasteiger partial charge is 0.337 e. The van der Waals surface area contributed by atoms with Crippen LogP contribution in [-0.2, 0) is 10.1 Å². The van der Waals surface area contributed by atoms with Gasteiger partial charge in [0.1, 0.15) is 16.3 Å². The van der Waals surface area contributed by atoms with Crippen molar-refractivity contribution in [3.8, 4) is 5.75 Å². The Hall–Kier alpha value is -5.44. The molecular weight excluding hydrogens is 602 g/mol. The predicted octanol–water partition coefficient (Wildman–Crippen LogP) is 7.41. The van der Waals surface area contributed by atoms with Crippen LogP contribution in [-0.4, -0.2) is 40.2 Å². The summed E-state index contributed by atoms with van der Waals surface area (Å²) >= 11 is 5.99. The number of fused-ring (bicyclic) bond motifs is 2. The Bertz CT molecular complexity index is 2170. The first-order valence-electron chi connectivity index (χ1n) is 12.0. The number of rotatable bonds is 7. The molecule has 5 rings (SSSR count). The van der Waals surface area contributed by atoms with Gasteiger partial charge < -0.3 is 21.1 Å². The molecule has 6 N–H and O–H groups in total. The Balaban J connectivity index is 1.68. The van der Waals surface area contributed by atoms with Crippen molar-refractivity contribution in [1.82, 2.24) is 0 Å². The van der Waals surface area contributed by atoms with E-state index in [1.54, 1.807) is 0 Å². The normalized spacial score (nSPS) is 12.0. The number of carboxylic acid groups (broad SMARTS) is 2. The molecule has 0 saturated heterocycles. The van der Waals surface area contributed by atoms with Crippen LogP contribution in [0.1, 0.15) is 20.7 Å². The van der Waals surface area contributed by atoms with E-state index in [1.165, 1.54) is 66.7 Å². The van der Waals surface area contributed by atoms with E-state index in [-0.39, 0.29) is 55.1 Å². The third-order valence-corrected chi connectivity index (χ3v) is 7.39. The summed E-state index contributed by atoms with van der Waals surface area (Å²) in [5.41, 5.74) is 5.46. The molecule has 5 aromatic rings. The van der Waals surface area contributed by atoms with Crippen molar-refractivity contribution < 1.29 is 37.9 Å². The molecule has 0 spiro atoms. The van der Waals surface area contributed by atoms with E-state index in [4.69, 9.17) is 17.3 Å². The largest absolute Gasteiger partial charge is 0.505 e. The van der Waals surface area contributed by atoms with Crippen molar-refractivity contribution in [2.75, 3.05) is 5.73 Å². The SMILES string of the molecule is Nc1ccc2cc(S(=O)(=O)O)c(/N=N/c3ccc(/N=N/c4cc(Cl)ccc4C(=O)O)c4cc(C(=O)O)ccc34)c(O)c2c1. The van der Waals surface area contributed by atoms with Crippen LogP contribution in [0, 0.1) is 0 Å². The van der Waals surface area contributed by atoms with Crippen molar-refractivity contribution in [1.29, 1.82) is 0 Å². The van der Waals surface area contributed by atoms with Gasteiger partial charge in [-0.3, -0.25) is 4.55 Å². The lowest BCUT2D eigenvalue weighted by Gasteiger charge is -2.10. The van der Waals surface area contributed by atoms with Crippen molar-refractivity contribution in [3.63, 3.8) is 0 Å². The van der Waals surface area contributed by atoms with Crippen LogP contribution in [0.2, 0.25) is 5.02 Å². The maximum atomic E-state index is 12.2. The number of aromatic hydroxyl groups is 1. The molecule has 0 bridgehead atoms. The third-order valence-electron chi connectivity index (χ3n) is 6.29. The number of nitrogen functional groups attached to an aromatic ring is 1.